The molecule has 2 rings (SSSR count). The van der Waals surface area contributed by atoms with Gasteiger partial charge >= 0.3 is 5.69 Å². The van der Waals surface area contributed by atoms with Gasteiger partial charge in [-0.05, 0) is 32.8 Å². The van der Waals surface area contributed by atoms with Gasteiger partial charge in [0.25, 0.3) is 0 Å². The molecule has 6 nitrogen and oxygen atoms in total. The van der Waals surface area contributed by atoms with Gasteiger partial charge in [-0.25, -0.2) is 4.98 Å². The minimum Gasteiger partial charge on any atom is -0.350 e. The maximum atomic E-state index is 11.5. The van der Waals surface area contributed by atoms with Gasteiger partial charge in [0.2, 0.25) is 5.82 Å². The minimum absolute atomic E-state index is 0.00908. The Morgan fingerprint density at radius 1 is 1.53 bits per heavy atom. The predicted molar refractivity (Wildman–Crippen MR) is 71.2 cm³/mol. The molecule has 6 heteroatoms. The van der Waals surface area contributed by atoms with Gasteiger partial charge in [-0.2, -0.15) is 0 Å². The number of hydrogen-bond donors (Lipinski definition) is 0. The lowest BCUT2D eigenvalue weighted by atomic mass is 9.94. The molecule has 0 aliphatic carbocycles. The van der Waals surface area contributed by atoms with Crippen molar-refractivity contribution < 1.29 is 9.72 Å². The molecular weight excluding hydrogens is 246 g/mol. The Bertz CT molecular complexity index is 516. The second-order valence-corrected chi connectivity index (χ2v) is 4.95. The van der Waals surface area contributed by atoms with Gasteiger partial charge < -0.3 is 4.90 Å². The highest BCUT2D eigenvalue weighted by Crippen LogP contribution is 2.30. The Kier molecular flexibility index (Phi) is 3.78. The first-order chi connectivity index (χ1) is 8.99. The van der Waals surface area contributed by atoms with E-state index in [9.17, 15) is 14.9 Å². The number of pyridine rings is 1. The van der Waals surface area contributed by atoms with E-state index >= 15 is 0 Å². The maximum absolute atomic E-state index is 11.5. The van der Waals surface area contributed by atoms with E-state index in [1.807, 2.05) is 4.90 Å². The third kappa shape index (κ3) is 2.89. The van der Waals surface area contributed by atoms with Crippen molar-refractivity contribution in [2.24, 2.45) is 5.92 Å². The third-order valence-corrected chi connectivity index (χ3v) is 3.49. The molecule has 102 valence electrons. The topological polar surface area (TPSA) is 76.3 Å². The molecule has 19 heavy (non-hydrogen) atoms. The third-order valence-electron chi connectivity index (χ3n) is 3.49. The number of hydrogen-bond acceptors (Lipinski definition) is 5. The first-order valence-electron chi connectivity index (χ1n) is 6.36. The standard InChI is InChI=1S/C13H17N3O3/c1-9-5-6-12(16(18)19)13(14-9)15-7-3-4-11(8-15)10(2)17/h5-6,11H,3-4,7-8H2,1-2H3. The van der Waals surface area contributed by atoms with Crippen LogP contribution < -0.4 is 4.90 Å². The van der Waals surface area contributed by atoms with Crippen LogP contribution in [0.4, 0.5) is 11.5 Å². The van der Waals surface area contributed by atoms with E-state index in [-0.39, 0.29) is 17.4 Å². The van der Waals surface area contributed by atoms with Crippen molar-refractivity contribution in [3.63, 3.8) is 0 Å². The molecule has 1 saturated heterocycles. The Labute approximate surface area is 111 Å². The number of ketones is 1. The SMILES string of the molecule is CC(=O)C1CCCN(c2nc(C)ccc2[N+](=O)[O-])C1. The summed E-state index contributed by atoms with van der Waals surface area (Å²) in [5, 5.41) is 11.1. The summed E-state index contributed by atoms with van der Waals surface area (Å²) in [5.41, 5.74) is 0.750. The fraction of sp³-hybridized carbons (Fsp3) is 0.538. The molecule has 0 aromatic carbocycles. The molecule has 0 amide bonds. The Hall–Kier alpha value is -1.98. The number of aromatic nitrogens is 1. The highest BCUT2D eigenvalue weighted by molar-refractivity contribution is 5.79. The maximum Gasteiger partial charge on any atom is 0.311 e. The van der Waals surface area contributed by atoms with Crippen molar-refractivity contribution in [1.82, 2.24) is 4.98 Å². The molecule has 2 heterocycles. The van der Waals surface area contributed by atoms with Crippen LogP contribution in [0.3, 0.4) is 0 Å². The summed E-state index contributed by atoms with van der Waals surface area (Å²) in [5.74, 6) is 0.478. The number of aryl methyl sites for hydroxylation is 1. The summed E-state index contributed by atoms with van der Waals surface area (Å²) in [6.07, 6.45) is 1.71. The molecule has 0 N–H and O–H groups in total. The summed E-state index contributed by atoms with van der Waals surface area (Å²) < 4.78 is 0. The number of piperidine rings is 1. The molecule has 0 spiro atoms. The lowest BCUT2D eigenvalue weighted by Gasteiger charge is -2.32. The number of carbonyl (C=O) groups is 1. The van der Waals surface area contributed by atoms with Gasteiger partial charge in [-0.1, -0.05) is 0 Å². The molecule has 1 aliphatic rings. The molecule has 1 unspecified atom stereocenters. The van der Waals surface area contributed by atoms with E-state index in [0.29, 0.717) is 18.9 Å². The average Bonchev–Trinajstić information content (AvgIpc) is 2.38. The zero-order valence-corrected chi connectivity index (χ0v) is 11.1. The predicted octanol–water partition coefficient (Wildman–Crippen LogP) is 2.10. The highest BCUT2D eigenvalue weighted by atomic mass is 16.6. The van der Waals surface area contributed by atoms with E-state index < -0.39 is 4.92 Å². The van der Waals surface area contributed by atoms with Crippen molar-refractivity contribution in [2.75, 3.05) is 18.0 Å². The lowest BCUT2D eigenvalue weighted by Crippen LogP contribution is -2.38. The number of carbonyl (C=O) groups excluding carboxylic acids is 1. The van der Waals surface area contributed by atoms with Gasteiger partial charge in [0.05, 0.1) is 4.92 Å². The van der Waals surface area contributed by atoms with Gasteiger partial charge in [0.1, 0.15) is 5.78 Å². The molecule has 1 aromatic heterocycles. The van der Waals surface area contributed by atoms with Crippen LogP contribution in [-0.4, -0.2) is 28.8 Å². The number of nitrogens with zero attached hydrogens (tertiary/aromatic N) is 3. The van der Waals surface area contributed by atoms with E-state index in [1.54, 1.807) is 19.9 Å². The Morgan fingerprint density at radius 3 is 2.89 bits per heavy atom. The quantitative estimate of drug-likeness (QED) is 0.616. The first kappa shape index (κ1) is 13.5. The summed E-state index contributed by atoms with van der Waals surface area (Å²) in [6.45, 7) is 4.61. The molecule has 0 bridgehead atoms. The van der Waals surface area contributed by atoms with Crippen LogP contribution in [0.5, 0.6) is 0 Å². The summed E-state index contributed by atoms with van der Waals surface area (Å²) in [7, 11) is 0. The highest BCUT2D eigenvalue weighted by Gasteiger charge is 2.28. The van der Waals surface area contributed by atoms with Crippen LogP contribution in [0.2, 0.25) is 0 Å². The molecule has 0 radical (unpaired) electrons. The first-order valence-corrected chi connectivity index (χ1v) is 6.36. The monoisotopic (exact) mass is 263 g/mol. The number of Topliss-reactive ketones (excluding diaryl/α,β-unsaturated/α-hetero) is 1. The van der Waals surface area contributed by atoms with E-state index in [4.69, 9.17) is 0 Å². The van der Waals surface area contributed by atoms with Crippen LogP contribution in [0, 0.1) is 23.0 Å². The second-order valence-electron chi connectivity index (χ2n) is 4.95. The zero-order chi connectivity index (χ0) is 14.0. The molecular formula is C13H17N3O3. The smallest absolute Gasteiger partial charge is 0.311 e. The van der Waals surface area contributed by atoms with Gasteiger partial charge in [-0.3, -0.25) is 14.9 Å². The van der Waals surface area contributed by atoms with Gasteiger partial charge in [0, 0.05) is 30.8 Å². The van der Waals surface area contributed by atoms with Crippen LogP contribution >= 0.6 is 0 Å². The fourth-order valence-corrected chi connectivity index (χ4v) is 2.41. The Morgan fingerprint density at radius 2 is 2.26 bits per heavy atom. The van der Waals surface area contributed by atoms with E-state index in [1.165, 1.54) is 6.07 Å². The van der Waals surface area contributed by atoms with Crippen molar-refractivity contribution in [1.29, 1.82) is 0 Å². The Balaban J connectivity index is 2.32. The molecule has 1 fully saturated rings. The van der Waals surface area contributed by atoms with Crippen molar-refractivity contribution in [2.45, 2.75) is 26.7 Å². The van der Waals surface area contributed by atoms with Crippen LogP contribution in [0.15, 0.2) is 12.1 Å². The number of anilines is 1. The molecule has 1 aliphatic heterocycles. The van der Waals surface area contributed by atoms with E-state index in [2.05, 4.69) is 4.98 Å². The second kappa shape index (κ2) is 5.34. The van der Waals surface area contributed by atoms with Crippen LogP contribution in [0.25, 0.3) is 0 Å². The zero-order valence-electron chi connectivity index (χ0n) is 11.1. The number of nitro groups is 1. The van der Waals surface area contributed by atoms with Crippen molar-refractivity contribution in [3.8, 4) is 0 Å². The van der Waals surface area contributed by atoms with Gasteiger partial charge in [-0.15, -0.1) is 0 Å². The molecule has 1 aromatic rings. The fourth-order valence-electron chi connectivity index (χ4n) is 2.41. The number of rotatable bonds is 3. The van der Waals surface area contributed by atoms with Crippen LogP contribution in [0.1, 0.15) is 25.5 Å². The van der Waals surface area contributed by atoms with Gasteiger partial charge in [0.15, 0.2) is 0 Å². The minimum atomic E-state index is -0.418. The lowest BCUT2D eigenvalue weighted by molar-refractivity contribution is -0.384. The van der Waals surface area contributed by atoms with Crippen molar-refractivity contribution >= 4 is 17.3 Å². The molecule has 0 saturated carbocycles. The summed E-state index contributed by atoms with van der Waals surface area (Å²) in [4.78, 5) is 28.3. The average molecular weight is 263 g/mol. The van der Waals surface area contributed by atoms with Crippen LogP contribution in [-0.2, 0) is 4.79 Å². The normalized spacial score (nSPS) is 19.3. The summed E-state index contributed by atoms with van der Waals surface area (Å²) >= 11 is 0. The molecule has 1 atom stereocenters. The van der Waals surface area contributed by atoms with Crippen molar-refractivity contribution in [3.05, 3.63) is 27.9 Å². The van der Waals surface area contributed by atoms with E-state index in [0.717, 1.165) is 18.5 Å². The summed E-state index contributed by atoms with van der Waals surface area (Å²) in [6, 6.07) is 3.11. The largest absolute Gasteiger partial charge is 0.350 e.